The molecule has 0 spiro atoms. The minimum atomic E-state index is -0.0675. The molecule has 2 nitrogen and oxygen atoms in total. The molecule has 0 aromatic heterocycles. The summed E-state index contributed by atoms with van der Waals surface area (Å²) in [5.41, 5.74) is -0.0675. The van der Waals surface area contributed by atoms with E-state index in [1.807, 2.05) is 7.11 Å². The Morgan fingerprint density at radius 2 is 2.20 bits per heavy atom. The third-order valence-electron chi connectivity index (χ3n) is 4.31. The van der Waals surface area contributed by atoms with E-state index in [4.69, 9.17) is 4.74 Å². The average molecular weight is 205 g/mol. The molecule has 0 aromatic rings. The molecule has 1 aliphatic carbocycles. The Balaban J connectivity index is 1.97. The molecule has 2 heteroatoms. The maximum absolute atomic E-state index is 5.80. The largest absolute Gasteiger partial charge is 0.363 e. The van der Waals surface area contributed by atoms with Crippen LogP contribution in [-0.4, -0.2) is 18.9 Å². The highest BCUT2D eigenvalue weighted by Gasteiger charge is 2.48. The fourth-order valence-electron chi connectivity index (χ4n) is 3.47. The average Bonchev–Trinajstić information content (AvgIpc) is 2.52. The highest BCUT2D eigenvalue weighted by Crippen LogP contribution is 2.43. The summed E-state index contributed by atoms with van der Waals surface area (Å²) in [5.74, 6) is 1.24. The minimum absolute atomic E-state index is 0.0675. The number of hydrogen-bond acceptors (Lipinski definition) is 2. The Morgan fingerprint density at radius 1 is 1.33 bits per heavy atom. The normalized spacial score (nSPS) is 47.7. The summed E-state index contributed by atoms with van der Waals surface area (Å²) in [5, 5.41) is 3.73. The first kappa shape index (κ1) is 9.61. The molecule has 2 aliphatic heterocycles. The lowest BCUT2D eigenvalue weighted by Gasteiger charge is -2.52. The predicted octanol–water partition coefficient (Wildman–Crippen LogP) is 2.23. The van der Waals surface area contributed by atoms with E-state index in [0.29, 0.717) is 17.9 Å². The first-order valence-corrected chi connectivity index (χ1v) is 6.02. The van der Waals surface area contributed by atoms with Crippen LogP contribution in [0.4, 0.5) is 0 Å². The maximum Gasteiger partial charge on any atom is 0.125 e. The van der Waals surface area contributed by atoms with Gasteiger partial charge in [0.15, 0.2) is 0 Å². The summed E-state index contributed by atoms with van der Waals surface area (Å²) in [6, 6.07) is 0.631. The zero-order valence-corrected chi connectivity index (χ0v) is 9.28. The van der Waals surface area contributed by atoms with E-state index in [2.05, 4.69) is 29.6 Å². The number of allylic oxidation sites excluding steroid dienone is 2. The maximum atomic E-state index is 5.80. The van der Waals surface area contributed by atoms with Crippen LogP contribution in [0, 0.1) is 11.8 Å². The van der Waals surface area contributed by atoms with E-state index in [0.717, 1.165) is 6.42 Å². The number of nitrogens with one attached hydrogen (secondary N) is 1. The molecule has 1 N–H and O–H groups in total. The van der Waals surface area contributed by atoms with Gasteiger partial charge in [-0.15, -0.1) is 0 Å². The fourth-order valence-corrected chi connectivity index (χ4v) is 3.47. The number of rotatable bonds is 1. The zero-order chi connectivity index (χ0) is 10.3. The number of ether oxygens (including phenoxy) is 1. The summed E-state index contributed by atoms with van der Waals surface area (Å²) in [6.07, 6.45) is 14.1. The highest BCUT2D eigenvalue weighted by atomic mass is 16.5. The van der Waals surface area contributed by atoms with Crippen LogP contribution in [0.5, 0.6) is 0 Å². The summed E-state index contributed by atoms with van der Waals surface area (Å²) in [6.45, 7) is 0. The molecule has 0 amide bonds. The molecular weight excluding hydrogens is 186 g/mol. The topological polar surface area (TPSA) is 21.3 Å². The van der Waals surface area contributed by atoms with Crippen molar-refractivity contribution in [2.75, 3.05) is 7.11 Å². The van der Waals surface area contributed by atoms with Crippen molar-refractivity contribution in [3.05, 3.63) is 24.3 Å². The van der Waals surface area contributed by atoms with Crippen molar-refractivity contribution in [1.29, 1.82) is 0 Å². The Morgan fingerprint density at radius 3 is 3.07 bits per heavy atom. The van der Waals surface area contributed by atoms with Crippen LogP contribution in [0.2, 0.25) is 0 Å². The van der Waals surface area contributed by atoms with Crippen LogP contribution >= 0.6 is 0 Å². The Hall–Kier alpha value is -0.600. The summed E-state index contributed by atoms with van der Waals surface area (Å²) < 4.78 is 5.80. The summed E-state index contributed by atoms with van der Waals surface area (Å²) in [4.78, 5) is 0. The molecule has 0 radical (unpaired) electrons. The van der Waals surface area contributed by atoms with Gasteiger partial charge in [0.2, 0.25) is 0 Å². The number of methoxy groups -OCH3 is 1. The van der Waals surface area contributed by atoms with Gasteiger partial charge in [-0.2, -0.15) is 0 Å². The van der Waals surface area contributed by atoms with Crippen LogP contribution in [0.3, 0.4) is 0 Å². The molecule has 2 saturated heterocycles. The quantitative estimate of drug-likeness (QED) is 0.709. The molecule has 4 atom stereocenters. The van der Waals surface area contributed by atoms with Crippen LogP contribution < -0.4 is 5.32 Å². The van der Waals surface area contributed by atoms with E-state index in [9.17, 15) is 0 Å². The molecule has 4 bridgehead atoms. The summed E-state index contributed by atoms with van der Waals surface area (Å²) in [7, 11) is 1.85. The van der Waals surface area contributed by atoms with Gasteiger partial charge in [0.1, 0.15) is 5.72 Å². The van der Waals surface area contributed by atoms with E-state index in [1.165, 1.54) is 19.3 Å². The fraction of sp³-hybridized carbons (Fsp3) is 0.692. The minimum Gasteiger partial charge on any atom is -0.363 e. The van der Waals surface area contributed by atoms with Crippen molar-refractivity contribution in [3.63, 3.8) is 0 Å². The zero-order valence-electron chi connectivity index (χ0n) is 9.28. The second kappa shape index (κ2) is 3.46. The van der Waals surface area contributed by atoms with E-state index in [1.54, 1.807) is 0 Å². The van der Waals surface area contributed by atoms with Gasteiger partial charge in [-0.25, -0.2) is 0 Å². The van der Waals surface area contributed by atoms with Gasteiger partial charge in [0.25, 0.3) is 0 Å². The third-order valence-corrected chi connectivity index (χ3v) is 4.31. The molecule has 3 rings (SSSR count). The molecule has 15 heavy (non-hydrogen) atoms. The lowest BCUT2D eigenvalue weighted by atomic mass is 9.71. The van der Waals surface area contributed by atoms with Gasteiger partial charge < -0.3 is 4.74 Å². The van der Waals surface area contributed by atoms with Gasteiger partial charge >= 0.3 is 0 Å². The van der Waals surface area contributed by atoms with Gasteiger partial charge in [0, 0.05) is 19.1 Å². The molecule has 4 unspecified atom stereocenters. The predicted molar refractivity (Wildman–Crippen MR) is 60.4 cm³/mol. The molecular formula is C13H19NO. The number of piperidine rings is 2. The molecule has 3 aliphatic rings. The van der Waals surface area contributed by atoms with Crippen molar-refractivity contribution in [2.45, 2.75) is 37.5 Å². The van der Waals surface area contributed by atoms with Crippen molar-refractivity contribution in [2.24, 2.45) is 11.8 Å². The van der Waals surface area contributed by atoms with Crippen LogP contribution in [-0.2, 0) is 4.74 Å². The molecule has 0 saturated carbocycles. The van der Waals surface area contributed by atoms with Gasteiger partial charge in [0.05, 0.1) is 0 Å². The van der Waals surface area contributed by atoms with E-state index >= 15 is 0 Å². The molecule has 0 aromatic carbocycles. The first-order valence-electron chi connectivity index (χ1n) is 6.02. The molecule has 2 fully saturated rings. The highest BCUT2D eigenvalue weighted by molar-refractivity contribution is 5.19. The lowest BCUT2D eigenvalue weighted by Crippen LogP contribution is -2.64. The second-order valence-corrected chi connectivity index (χ2v) is 5.01. The van der Waals surface area contributed by atoms with Crippen molar-refractivity contribution >= 4 is 0 Å². The smallest absolute Gasteiger partial charge is 0.125 e. The molecule has 2 heterocycles. The van der Waals surface area contributed by atoms with Crippen LogP contribution in [0.15, 0.2) is 24.3 Å². The summed E-state index contributed by atoms with van der Waals surface area (Å²) >= 11 is 0. The number of hydrogen-bond donors (Lipinski definition) is 1. The van der Waals surface area contributed by atoms with Gasteiger partial charge in [-0.05, 0) is 31.6 Å². The SMILES string of the molecule is COC12CCCC(N1)C1C=CC=CC2C1. The Kier molecular flexibility index (Phi) is 2.22. The molecule has 82 valence electrons. The van der Waals surface area contributed by atoms with E-state index < -0.39 is 0 Å². The van der Waals surface area contributed by atoms with Gasteiger partial charge in [-0.3, -0.25) is 5.32 Å². The number of fused-ring (bicyclic) bond motifs is 6. The second-order valence-electron chi connectivity index (χ2n) is 5.01. The van der Waals surface area contributed by atoms with E-state index in [-0.39, 0.29) is 5.72 Å². The van der Waals surface area contributed by atoms with Crippen molar-refractivity contribution in [1.82, 2.24) is 5.32 Å². The lowest BCUT2D eigenvalue weighted by molar-refractivity contribution is -0.129. The Labute approximate surface area is 91.4 Å². The Bertz CT molecular complexity index is 310. The van der Waals surface area contributed by atoms with Crippen LogP contribution in [0.1, 0.15) is 25.7 Å². The standard InChI is InChI=1S/C13H19NO/c1-15-13-8-4-7-12(14-13)10-5-2-3-6-11(13)9-10/h2-3,5-6,10-12,14H,4,7-9H2,1H3. The monoisotopic (exact) mass is 205 g/mol. The third kappa shape index (κ3) is 1.39. The van der Waals surface area contributed by atoms with Gasteiger partial charge in [-0.1, -0.05) is 24.3 Å². The first-order chi connectivity index (χ1) is 7.34. The van der Waals surface area contributed by atoms with Crippen molar-refractivity contribution in [3.8, 4) is 0 Å². The van der Waals surface area contributed by atoms with Crippen molar-refractivity contribution < 1.29 is 4.74 Å². The van der Waals surface area contributed by atoms with Crippen LogP contribution in [0.25, 0.3) is 0 Å².